The second-order valence-electron chi connectivity index (χ2n) is 4.41. The van der Waals surface area contributed by atoms with Crippen molar-refractivity contribution in [1.29, 1.82) is 0 Å². The molecule has 5 nitrogen and oxygen atoms in total. The van der Waals surface area contributed by atoms with Gasteiger partial charge in [-0.1, -0.05) is 10.6 Å². The van der Waals surface area contributed by atoms with Gasteiger partial charge in [0.05, 0.1) is 0 Å². The molecule has 1 aliphatic rings. The van der Waals surface area contributed by atoms with Gasteiger partial charge in [-0.25, -0.2) is 5.84 Å². The summed E-state index contributed by atoms with van der Waals surface area (Å²) in [5.41, 5.74) is 3.62. The lowest BCUT2D eigenvalue weighted by molar-refractivity contribution is 0.245. The number of hydrogen-bond donors (Lipinski definition) is 2. The van der Waals surface area contributed by atoms with Crippen molar-refractivity contribution in [3.05, 3.63) is 28.1 Å². The molecule has 1 saturated carbocycles. The van der Waals surface area contributed by atoms with E-state index in [0.717, 1.165) is 23.8 Å². The number of thiophene rings is 1. The van der Waals surface area contributed by atoms with Crippen molar-refractivity contribution in [2.75, 3.05) is 5.43 Å². The Labute approximate surface area is 114 Å². The average Bonchev–Trinajstić information content (AvgIpc) is 2.92. The average molecular weight is 281 g/mol. The monoisotopic (exact) mass is 281 g/mol. The van der Waals surface area contributed by atoms with E-state index in [9.17, 15) is 0 Å². The first-order chi connectivity index (χ1) is 8.86. The summed E-state index contributed by atoms with van der Waals surface area (Å²) >= 11 is 3.11. The fourth-order valence-electron chi connectivity index (χ4n) is 1.97. The van der Waals surface area contributed by atoms with Gasteiger partial charge in [0, 0.05) is 35.5 Å². The number of aromatic nitrogens is 2. The first-order valence-corrected chi connectivity index (χ1v) is 7.56. The van der Waals surface area contributed by atoms with E-state index in [0.29, 0.717) is 6.04 Å². The van der Waals surface area contributed by atoms with E-state index in [1.165, 1.54) is 29.3 Å². The highest BCUT2D eigenvalue weighted by molar-refractivity contribution is 7.10. The minimum Gasteiger partial charge on any atom is -0.313 e. The van der Waals surface area contributed by atoms with Gasteiger partial charge in [-0.05, 0) is 24.3 Å². The Morgan fingerprint density at radius 1 is 1.44 bits per heavy atom. The van der Waals surface area contributed by atoms with Crippen molar-refractivity contribution in [3.63, 3.8) is 0 Å². The van der Waals surface area contributed by atoms with Crippen LogP contribution < -0.4 is 11.3 Å². The molecular formula is C11H15N5S2. The van der Waals surface area contributed by atoms with Crippen molar-refractivity contribution in [3.8, 4) is 0 Å². The van der Waals surface area contributed by atoms with Gasteiger partial charge in [0.15, 0.2) is 0 Å². The zero-order valence-corrected chi connectivity index (χ0v) is 11.5. The highest BCUT2D eigenvalue weighted by Crippen LogP contribution is 2.31. The van der Waals surface area contributed by atoms with Gasteiger partial charge in [0.2, 0.25) is 0 Å². The summed E-state index contributed by atoms with van der Waals surface area (Å²) in [5, 5.41) is 7.14. The van der Waals surface area contributed by atoms with Crippen LogP contribution in [0.5, 0.6) is 0 Å². The molecular weight excluding hydrogens is 266 g/mol. The molecule has 0 aromatic carbocycles. The molecule has 2 heterocycles. The molecule has 1 fully saturated rings. The van der Waals surface area contributed by atoms with Gasteiger partial charge < -0.3 is 5.43 Å². The molecule has 0 amide bonds. The van der Waals surface area contributed by atoms with Gasteiger partial charge in [0.25, 0.3) is 0 Å². The summed E-state index contributed by atoms with van der Waals surface area (Å²) in [5.74, 6) is 5.46. The van der Waals surface area contributed by atoms with Crippen molar-refractivity contribution >= 4 is 27.9 Å². The van der Waals surface area contributed by atoms with E-state index in [4.69, 9.17) is 5.84 Å². The zero-order valence-electron chi connectivity index (χ0n) is 9.87. The van der Waals surface area contributed by atoms with Crippen molar-refractivity contribution < 1.29 is 0 Å². The Balaban J connectivity index is 1.70. The number of nitrogens with two attached hydrogens (primary N) is 1. The smallest absolute Gasteiger partial charge is 0.148 e. The maximum absolute atomic E-state index is 5.46. The minimum absolute atomic E-state index is 0.694. The van der Waals surface area contributed by atoms with Gasteiger partial charge in [-0.15, -0.1) is 16.4 Å². The number of hydrogen-bond acceptors (Lipinski definition) is 7. The summed E-state index contributed by atoms with van der Waals surface area (Å²) in [4.78, 5) is 3.86. The molecule has 0 radical (unpaired) electrons. The predicted molar refractivity (Wildman–Crippen MR) is 74.3 cm³/mol. The molecule has 0 spiro atoms. The maximum atomic E-state index is 5.46. The largest absolute Gasteiger partial charge is 0.313 e. The molecule has 0 aliphatic heterocycles. The van der Waals surface area contributed by atoms with Gasteiger partial charge in [0.1, 0.15) is 10.7 Å². The molecule has 7 heteroatoms. The van der Waals surface area contributed by atoms with E-state index in [1.54, 1.807) is 11.3 Å². The SMILES string of the molecule is NNc1snnc1CN(Cc1cccs1)C1CC1. The van der Waals surface area contributed by atoms with Crippen LogP contribution in [0.25, 0.3) is 0 Å². The molecule has 0 unspecified atom stereocenters. The highest BCUT2D eigenvalue weighted by Gasteiger charge is 2.30. The summed E-state index contributed by atoms with van der Waals surface area (Å²) < 4.78 is 3.95. The van der Waals surface area contributed by atoms with Crippen molar-refractivity contribution in [2.24, 2.45) is 5.84 Å². The van der Waals surface area contributed by atoms with E-state index in [2.05, 4.69) is 37.4 Å². The van der Waals surface area contributed by atoms with E-state index < -0.39 is 0 Å². The molecule has 2 aromatic heterocycles. The quantitative estimate of drug-likeness (QED) is 0.626. The zero-order chi connectivity index (χ0) is 12.4. The summed E-state index contributed by atoms with van der Waals surface area (Å²) in [6, 6.07) is 4.98. The Hall–Kier alpha value is -1.02. The standard InChI is InChI=1S/C11H15N5S2/c12-13-11-10(14-15-18-11)7-16(8-3-4-8)6-9-2-1-5-17-9/h1-2,5,8,13H,3-4,6-7,12H2. The van der Waals surface area contributed by atoms with Crippen molar-refractivity contribution in [1.82, 2.24) is 14.5 Å². The Morgan fingerprint density at radius 3 is 3.00 bits per heavy atom. The number of anilines is 1. The normalized spacial score (nSPS) is 15.2. The molecule has 3 N–H and O–H groups in total. The molecule has 0 bridgehead atoms. The number of nitrogen functional groups attached to an aromatic ring is 1. The molecule has 0 saturated heterocycles. The lowest BCUT2D eigenvalue weighted by Crippen LogP contribution is -2.25. The fraction of sp³-hybridized carbons (Fsp3) is 0.455. The van der Waals surface area contributed by atoms with Crippen LogP contribution in [0, 0.1) is 0 Å². The van der Waals surface area contributed by atoms with E-state index in [1.807, 2.05) is 0 Å². The van der Waals surface area contributed by atoms with Gasteiger partial charge in [-0.3, -0.25) is 4.90 Å². The minimum atomic E-state index is 0.694. The van der Waals surface area contributed by atoms with Crippen molar-refractivity contribution in [2.45, 2.75) is 32.0 Å². The molecule has 2 aromatic rings. The second-order valence-corrected chi connectivity index (χ2v) is 6.19. The van der Waals surface area contributed by atoms with Crippen LogP contribution in [0.15, 0.2) is 17.5 Å². The molecule has 0 atom stereocenters. The maximum Gasteiger partial charge on any atom is 0.148 e. The summed E-state index contributed by atoms with van der Waals surface area (Å²) in [7, 11) is 0. The lowest BCUT2D eigenvalue weighted by atomic mass is 10.3. The Kier molecular flexibility index (Phi) is 3.55. The van der Waals surface area contributed by atoms with Crippen LogP contribution in [0.3, 0.4) is 0 Å². The molecule has 1 aliphatic carbocycles. The van der Waals surface area contributed by atoms with Gasteiger partial charge >= 0.3 is 0 Å². The number of nitrogens with one attached hydrogen (secondary N) is 1. The predicted octanol–water partition coefficient (Wildman–Crippen LogP) is 2.05. The topological polar surface area (TPSA) is 67.1 Å². The third kappa shape index (κ3) is 2.69. The van der Waals surface area contributed by atoms with Crippen LogP contribution in [-0.2, 0) is 13.1 Å². The van der Waals surface area contributed by atoms with Gasteiger partial charge in [-0.2, -0.15) is 0 Å². The molecule has 96 valence electrons. The number of nitrogens with zero attached hydrogens (tertiary/aromatic N) is 3. The van der Waals surface area contributed by atoms with Crippen LogP contribution >= 0.6 is 22.9 Å². The summed E-state index contributed by atoms with van der Waals surface area (Å²) in [6.07, 6.45) is 2.57. The molecule has 3 rings (SSSR count). The first-order valence-electron chi connectivity index (χ1n) is 5.91. The Bertz CT molecular complexity index is 491. The Morgan fingerprint density at radius 2 is 2.33 bits per heavy atom. The van der Waals surface area contributed by atoms with Crippen LogP contribution in [0.4, 0.5) is 5.00 Å². The lowest BCUT2D eigenvalue weighted by Gasteiger charge is -2.20. The molecule has 18 heavy (non-hydrogen) atoms. The summed E-state index contributed by atoms with van der Waals surface area (Å²) in [6.45, 7) is 1.81. The number of hydrazine groups is 1. The fourth-order valence-corrected chi connectivity index (χ4v) is 3.18. The van der Waals surface area contributed by atoms with E-state index >= 15 is 0 Å². The van der Waals surface area contributed by atoms with Crippen LogP contribution in [0.1, 0.15) is 23.4 Å². The van der Waals surface area contributed by atoms with Crippen LogP contribution in [-0.4, -0.2) is 20.5 Å². The highest BCUT2D eigenvalue weighted by atomic mass is 32.1. The van der Waals surface area contributed by atoms with E-state index in [-0.39, 0.29) is 0 Å². The number of rotatable bonds is 6. The van der Waals surface area contributed by atoms with Crippen LogP contribution in [0.2, 0.25) is 0 Å². The second kappa shape index (κ2) is 5.31. The third-order valence-corrected chi connectivity index (χ3v) is 4.60. The first kappa shape index (κ1) is 12.0. The third-order valence-electron chi connectivity index (χ3n) is 3.04.